The van der Waals surface area contributed by atoms with Crippen molar-refractivity contribution in [1.29, 1.82) is 0 Å². The Morgan fingerprint density at radius 1 is 1.27 bits per heavy atom. The van der Waals surface area contributed by atoms with Gasteiger partial charge >= 0.3 is 0 Å². The Morgan fingerprint density at radius 2 is 2.00 bits per heavy atom. The summed E-state index contributed by atoms with van der Waals surface area (Å²) in [6, 6.07) is 5.17. The van der Waals surface area contributed by atoms with Crippen molar-refractivity contribution < 1.29 is 9.50 Å². The lowest BCUT2D eigenvalue weighted by Gasteiger charge is -2.18. The summed E-state index contributed by atoms with van der Waals surface area (Å²) in [4.78, 5) is 0. The van der Waals surface area contributed by atoms with Crippen molar-refractivity contribution in [3.63, 3.8) is 0 Å². The lowest BCUT2D eigenvalue weighted by molar-refractivity contribution is 0.136. The van der Waals surface area contributed by atoms with Gasteiger partial charge in [0.05, 0.1) is 6.10 Å². The standard InChI is InChI=1S/C13H17FO/c1-8-5-10(7-11(14)6-8)12-3-4-13(15)9(12)2/h5-7,9,12-13,15H,3-4H2,1-2H3. The van der Waals surface area contributed by atoms with E-state index < -0.39 is 0 Å². The topological polar surface area (TPSA) is 20.2 Å². The van der Waals surface area contributed by atoms with Crippen molar-refractivity contribution in [2.24, 2.45) is 5.92 Å². The molecule has 15 heavy (non-hydrogen) atoms. The van der Waals surface area contributed by atoms with Gasteiger partial charge in [0.25, 0.3) is 0 Å². The first-order valence-electron chi connectivity index (χ1n) is 5.53. The molecule has 1 aliphatic carbocycles. The molecule has 1 nitrogen and oxygen atoms in total. The second-order valence-corrected chi connectivity index (χ2v) is 4.67. The van der Waals surface area contributed by atoms with Gasteiger partial charge in [-0.05, 0) is 54.9 Å². The highest BCUT2D eigenvalue weighted by atomic mass is 19.1. The SMILES string of the molecule is Cc1cc(F)cc(C2CCC(O)C2C)c1. The molecule has 3 unspecified atom stereocenters. The highest BCUT2D eigenvalue weighted by molar-refractivity contribution is 5.28. The maximum absolute atomic E-state index is 13.2. The van der Waals surface area contributed by atoms with Crippen LogP contribution in [-0.4, -0.2) is 11.2 Å². The van der Waals surface area contributed by atoms with Crippen LogP contribution in [0.25, 0.3) is 0 Å². The van der Waals surface area contributed by atoms with Crippen LogP contribution in [0.15, 0.2) is 18.2 Å². The van der Waals surface area contributed by atoms with E-state index in [1.165, 1.54) is 0 Å². The van der Waals surface area contributed by atoms with E-state index in [0.717, 1.165) is 24.0 Å². The van der Waals surface area contributed by atoms with Gasteiger partial charge in [0.15, 0.2) is 0 Å². The van der Waals surface area contributed by atoms with Gasteiger partial charge < -0.3 is 5.11 Å². The number of aryl methyl sites for hydroxylation is 1. The Morgan fingerprint density at radius 3 is 2.53 bits per heavy atom. The lowest BCUT2D eigenvalue weighted by atomic mass is 9.89. The number of halogens is 1. The summed E-state index contributed by atoms with van der Waals surface area (Å²) < 4.78 is 13.2. The minimum atomic E-state index is -0.224. The fraction of sp³-hybridized carbons (Fsp3) is 0.538. The number of hydrogen-bond donors (Lipinski definition) is 1. The van der Waals surface area contributed by atoms with Crippen LogP contribution in [0.3, 0.4) is 0 Å². The molecule has 0 aliphatic heterocycles. The Bertz CT molecular complexity index is 341. The molecule has 0 bridgehead atoms. The maximum Gasteiger partial charge on any atom is 0.123 e. The minimum absolute atomic E-state index is 0.168. The van der Waals surface area contributed by atoms with E-state index >= 15 is 0 Å². The van der Waals surface area contributed by atoms with Crippen molar-refractivity contribution in [2.75, 3.05) is 0 Å². The highest BCUT2D eigenvalue weighted by Crippen LogP contribution is 2.39. The highest BCUT2D eigenvalue weighted by Gasteiger charge is 2.32. The monoisotopic (exact) mass is 208 g/mol. The summed E-state index contributed by atoms with van der Waals surface area (Å²) >= 11 is 0. The summed E-state index contributed by atoms with van der Waals surface area (Å²) in [6.07, 6.45) is 1.57. The first kappa shape index (κ1) is 10.6. The largest absolute Gasteiger partial charge is 0.393 e. The van der Waals surface area contributed by atoms with Crippen LogP contribution >= 0.6 is 0 Å². The third-order valence-electron chi connectivity index (χ3n) is 3.51. The molecular formula is C13H17FO. The number of aliphatic hydroxyl groups is 1. The van der Waals surface area contributed by atoms with E-state index in [1.54, 1.807) is 12.1 Å². The molecule has 1 aliphatic rings. The smallest absolute Gasteiger partial charge is 0.123 e. The van der Waals surface area contributed by atoms with Gasteiger partial charge in [-0.15, -0.1) is 0 Å². The lowest BCUT2D eigenvalue weighted by Crippen LogP contribution is -2.14. The van der Waals surface area contributed by atoms with Crippen molar-refractivity contribution in [2.45, 2.75) is 38.7 Å². The molecule has 0 spiro atoms. The third kappa shape index (κ3) is 2.05. The van der Waals surface area contributed by atoms with Crippen LogP contribution < -0.4 is 0 Å². The number of aliphatic hydroxyl groups excluding tert-OH is 1. The van der Waals surface area contributed by atoms with Crippen molar-refractivity contribution in [1.82, 2.24) is 0 Å². The van der Waals surface area contributed by atoms with E-state index in [2.05, 4.69) is 0 Å². The van der Waals surface area contributed by atoms with E-state index in [9.17, 15) is 9.50 Å². The molecule has 2 heteroatoms. The summed E-state index contributed by atoms with van der Waals surface area (Å²) in [5, 5.41) is 9.67. The fourth-order valence-corrected chi connectivity index (χ4v) is 2.59. The van der Waals surface area contributed by atoms with Crippen LogP contribution in [0.5, 0.6) is 0 Å². The van der Waals surface area contributed by atoms with Gasteiger partial charge in [-0.25, -0.2) is 4.39 Å². The van der Waals surface area contributed by atoms with Crippen LogP contribution in [0.1, 0.15) is 36.8 Å². The zero-order chi connectivity index (χ0) is 11.0. The minimum Gasteiger partial charge on any atom is -0.393 e. The zero-order valence-corrected chi connectivity index (χ0v) is 9.20. The number of rotatable bonds is 1. The predicted molar refractivity (Wildman–Crippen MR) is 58.3 cm³/mol. The fourth-order valence-electron chi connectivity index (χ4n) is 2.59. The second kappa shape index (κ2) is 3.93. The van der Waals surface area contributed by atoms with Crippen molar-refractivity contribution in [3.8, 4) is 0 Å². The summed E-state index contributed by atoms with van der Waals surface area (Å²) in [6.45, 7) is 3.95. The number of benzene rings is 1. The molecule has 82 valence electrons. The normalized spacial score (nSPS) is 30.8. The summed E-state index contributed by atoms with van der Waals surface area (Å²) in [5.41, 5.74) is 2.00. The maximum atomic E-state index is 13.2. The van der Waals surface area contributed by atoms with Gasteiger partial charge in [0.1, 0.15) is 5.82 Å². The molecule has 1 aromatic rings. The van der Waals surface area contributed by atoms with Crippen LogP contribution in [-0.2, 0) is 0 Å². The molecule has 0 radical (unpaired) electrons. The van der Waals surface area contributed by atoms with E-state index in [1.807, 2.05) is 19.9 Å². The van der Waals surface area contributed by atoms with E-state index in [4.69, 9.17) is 0 Å². The summed E-state index contributed by atoms with van der Waals surface area (Å²) in [7, 11) is 0. The molecule has 0 amide bonds. The first-order valence-corrected chi connectivity index (χ1v) is 5.53. The molecule has 1 saturated carbocycles. The molecule has 1 aromatic carbocycles. The Kier molecular flexibility index (Phi) is 2.79. The molecule has 1 fully saturated rings. The molecule has 0 aromatic heterocycles. The molecule has 3 atom stereocenters. The van der Waals surface area contributed by atoms with E-state index in [0.29, 0.717) is 5.92 Å². The van der Waals surface area contributed by atoms with Gasteiger partial charge in [0.2, 0.25) is 0 Å². The third-order valence-corrected chi connectivity index (χ3v) is 3.51. The molecule has 1 N–H and O–H groups in total. The zero-order valence-electron chi connectivity index (χ0n) is 9.20. The average Bonchev–Trinajstić information content (AvgIpc) is 2.46. The van der Waals surface area contributed by atoms with Crippen molar-refractivity contribution >= 4 is 0 Å². The van der Waals surface area contributed by atoms with Crippen LogP contribution in [0.4, 0.5) is 4.39 Å². The number of hydrogen-bond acceptors (Lipinski definition) is 1. The molecule has 0 saturated heterocycles. The molecule has 0 heterocycles. The predicted octanol–water partition coefficient (Wildman–Crippen LogP) is 3.01. The Balaban J connectivity index is 2.30. The molecular weight excluding hydrogens is 191 g/mol. The quantitative estimate of drug-likeness (QED) is 0.752. The van der Waals surface area contributed by atoms with Crippen molar-refractivity contribution in [3.05, 3.63) is 35.1 Å². The Hall–Kier alpha value is -0.890. The average molecular weight is 208 g/mol. The Labute approximate surface area is 89.9 Å². The summed E-state index contributed by atoms with van der Waals surface area (Å²) in [5.74, 6) is 0.388. The first-order chi connectivity index (χ1) is 7.08. The van der Waals surface area contributed by atoms with Crippen LogP contribution in [0.2, 0.25) is 0 Å². The van der Waals surface area contributed by atoms with Gasteiger partial charge in [0, 0.05) is 0 Å². The molecule has 2 rings (SSSR count). The van der Waals surface area contributed by atoms with E-state index in [-0.39, 0.29) is 17.8 Å². The van der Waals surface area contributed by atoms with Gasteiger partial charge in [-0.3, -0.25) is 0 Å². The van der Waals surface area contributed by atoms with Gasteiger partial charge in [-0.1, -0.05) is 13.0 Å². The van der Waals surface area contributed by atoms with Gasteiger partial charge in [-0.2, -0.15) is 0 Å². The van der Waals surface area contributed by atoms with Crippen LogP contribution in [0, 0.1) is 18.7 Å². The second-order valence-electron chi connectivity index (χ2n) is 4.67.